The molecule has 0 aliphatic carbocycles. The number of nitrogens with one attached hydrogen (secondary N) is 1. The number of benzene rings is 2. The van der Waals surface area contributed by atoms with Crippen molar-refractivity contribution < 1.29 is 9.18 Å². The van der Waals surface area contributed by atoms with Gasteiger partial charge in [-0.1, -0.05) is 12.1 Å². The van der Waals surface area contributed by atoms with Crippen LogP contribution in [0.15, 0.2) is 42.5 Å². The molecule has 2 heterocycles. The summed E-state index contributed by atoms with van der Waals surface area (Å²) in [6.45, 7) is 1.43. The Morgan fingerprint density at radius 3 is 2.72 bits per heavy atom. The van der Waals surface area contributed by atoms with Gasteiger partial charge in [0.1, 0.15) is 11.6 Å². The zero-order chi connectivity index (χ0) is 20.2. The molecule has 7 heteroatoms. The molecule has 0 unspecified atom stereocenters. The fourth-order valence-electron chi connectivity index (χ4n) is 3.62. The van der Waals surface area contributed by atoms with Gasteiger partial charge in [0, 0.05) is 24.8 Å². The van der Waals surface area contributed by atoms with Crippen LogP contribution in [-0.2, 0) is 10.5 Å². The predicted molar refractivity (Wildman–Crippen MR) is 112 cm³/mol. The first-order chi connectivity index (χ1) is 14.1. The average Bonchev–Trinajstić information content (AvgIpc) is 3.17. The van der Waals surface area contributed by atoms with Crippen molar-refractivity contribution in [2.24, 2.45) is 0 Å². The molecule has 1 fully saturated rings. The van der Waals surface area contributed by atoms with Crippen LogP contribution in [0.1, 0.15) is 35.7 Å². The fourth-order valence-corrected chi connectivity index (χ4v) is 4.51. The second-order valence-electron chi connectivity index (χ2n) is 7.24. The van der Waals surface area contributed by atoms with Crippen LogP contribution in [-0.4, -0.2) is 39.6 Å². The number of aromatic amines is 1. The number of thioether (sulfide) groups is 1. The Hall–Kier alpha value is -2.85. The monoisotopic (exact) mass is 408 g/mol. The smallest absolute Gasteiger partial charge is 0.232 e. The number of likely N-dealkylation sites (tertiary alicyclic amines) is 1. The number of hydrogen-bond donors (Lipinski definition) is 1. The van der Waals surface area contributed by atoms with Gasteiger partial charge >= 0.3 is 0 Å². The van der Waals surface area contributed by atoms with E-state index in [1.165, 1.54) is 12.1 Å². The van der Waals surface area contributed by atoms with Gasteiger partial charge in [0.2, 0.25) is 5.91 Å². The summed E-state index contributed by atoms with van der Waals surface area (Å²) in [6, 6.07) is 14.1. The topological polar surface area (TPSA) is 72.8 Å². The quantitative estimate of drug-likeness (QED) is 0.686. The van der Waals surface area contributed by atoms with E-state index in [1.807, 2.05) is 17.0 Å². The molecule has 0 atom stereocenters. The van der Waals surface area contributed by atoms with Crippen molar-refractivity contribution in [2.45, 2.75) is 24.5 Å². The molecule has 3 aromatic rings. The van der Waals surface area contributed by atoms with Gasteiger partial charge < -0.3 is 9.88 Å². The maximum atomic E-state index is 13.4. The fraction of sp³-hybridized carbons (Fsp3) is 0.318. The lowest BCUT2D eigenvalue weighted by atomic mass is 9.96. The molecular weight excluding hydrogens is 387 g/mol. The molecule has 1 aliphatic heterocycles. The number of rotatable bonds is 5. The molecule has 1 amide bonds. The molecule has 1 saturated heterocycles. The number of nitriles is 1. The van der Waals surface area contributed by atoms with Crippen molar-refractivity contribution in [2.75, 3.05) is 18.8 Å². The molecule has 5 nitrogen and oxygen atoms in total. The van der Waals surface area contributed by atoms with E-state index in [0.29, 0.717) is 24.4 Å². The van der Waals surface area contributed by atoms with E-state index in [9.17, 15) is 9.18 Å². The van der Waals surface area contributed by atoms with Crippen molar-refractivity contribution in [1.29, 1.82) is 5.26 Å². The number of amides is 1. The van der Waals surface area contributed by atoms with Crippen LogP contribution in [0.2, 0.25) is 0 Å². The van der Waals surface area contributed by atoms with E-state index in [1.54, 1.807) is 30.0 Å². The van der Waals surface area contributed by atoms with Crippen LogP contribution in [0.4, 0.5) is 4.39 Å². The van der Waals surface area contributed by atoms with Gasteiger partial charge in [0.25, 0.3) is 0 Å². The number of H-pyrrole nitrogens is 1. The first kappa shape index (κ1) is 19.5. The molecule has 148 valence electrons. The summed E-state index contributed by atoms with van der Waals surface area (Å²) in [5, 5.41) is 8.83. The minimum absolute atomic E-state index is 0.161. The Morgan fingerprint density at radius 1 is 1.24 bits per heavy atom. The van der Waals surface area contributed by atoms with Crippen LogP contribution >= 0.6 is 11.8 Å². The third kappa shape index (κ3) is 4.60. The third-order valence-electron chi connectivity index (χ3n) is 5.27. The van der Waals surface area contributed by atoms with Crippen molar-refractivity contribution in [3.05, 3.63) is 65.2 Å². The maximum absolute atomic E-state index is 13.4. The third-order valence-corrected chi connectivity index (χ3v) is 6.26. The summed E-state index contributed by atoms with van der Waals surface area (Å²) >= 11 is 1.59. The zero-order valence-electron chi connectivity index (χ0n) is 15.9. The normalized spacial score (nSPS) is 14.8. The maximum Gasteiger partial charge on any atom is 0.232 e. The largest absolute Gasteiger partial charge is 0.342 e. The molecule has 29 heavy (non-hydrogen) atoms. The molecule has 2 aromatic carbocycles. The Balaban J connectivity index is 1.26. The highest BCUT2D eigenvalue weighted by molar-refractivity contribution is 7.99. The van der Waals surface area contributed by atoms with E-state index in [0.717, 1.165) is 41.0 Å². The highest BCUT2D eigenvalue weighted by atomic mass is 32.2. The van der Waals surface area contributed by atoms with Crippen molar-refractivity contribution in [1.82, 2.24) is 14.9 Å². The van der Waals surface area contributed by atoms with E-state index < -0.39 is 0 Å². The number of imidazole rings is 1. The predicted octanol–water partition coefficient (Wildman–Crippen LogP) is 4.21. The number of hydrogen-bond acceptors (Lipinski definition) is 4. The number of halogens is 1. The molecule has 4 rings (SSSR count). The first-order valence-electron chi connectivity index (χ1n) is 9.62. The number of fused-ring (bicyclic) bond motifs is 1. The Labute approximate surface area is 172 Å². The Kier molecular flexibility index (Phi) is 5.81. The van der Waals surface area contributed by atoms with Crippen molar-refractivity contribution >= 4 is 28.7 Å². The second-order valence-corrected chi connectivity index (χ2v) is 8.23. The standard InChI is InChI=1S/C22H21FN4OS/c23-18-5-6-19-20(11-18)26-22(25-19)17-7-9-27(10-8-17)21(28)14-29-13-16-3-1-15(12-24)2-4-16/h1-6,11,17H,7-10,13-14H2,(H,25,26). The highest BCUT2D eigenvalue weighted by Gasteiger charge is 2.25. The first-order valence-corrected chi connectivity index (χ1v) is 10.8. The van der Waals surface area contributed by atoms with Gasteiger partial charge in [-0.3, -0.25) is 4.79 Å². The Morgan fingerprint density at radius 2 is 2.00 bits per heavy atom. The number of nitrogens with zero attached hydrogens (tertiary/aromatic N) is 3. The number of carbonyl (C=O) groups excluding carboxylic acids is 1. The Bertz CT molecular complexity index is 1050. The summed E-state index contributed by atoms with van der Waals surface area (Å²) < 4.78 is 13.4. The van der Waals surface area contributed by atoms with Gasteiger partial charge in [-0.15, -0.1) is 11.8 Å². The molecule has 0 bridgehead atoms. The molecule has 1 aromatic heterocycles. The van der Waals surface area contributed by atoms with Crippen LogP contribution in [0.3, 0.4) is 0 Å². The lowest BCUT2D eigenvalue weighted by molar-refractivity contribution is -0.129. The van der Waals surface area contributed by atoms with E-state index >= 15 is 0 Å². The summed E-state index contributed by atoms with van der Waals surface area (Å²) in [5.41, 5.74) is 3.26. The van der Waals surface area contributed by atoms with Gasteiger partial charge in [-0.2, -0.15) is 5.26 Å². The molecular formula is C22H21FN4OS. The number of carbonyl (C=O) groups is 1. The minimum atomic E-state index is -0.272. The average molecular weight is 409 g/mol. The number of piperidine rings is 1. The van der Waals surface area contributed by atoms with Crippen LogP contribution in [0.25, 0.3) is 11.0 Å². The summed E-state index contributed by atoms with van der Waals surface area (Å²) in [7, 11) is 0. The van der Waals surface area contributed by atoms with E-state index in [2.05, 4.69) is 16.0 Å². The molecule has 0 spiro atoms. The summed E-state index contributed by atoms with van der Waals surface area (Å²) in [4.78, 5) is 22.3. The van der Waals surface area contributed by atoms with Crippen LogP contribution in [0, 0.1) is 17.1 Å². The van der Waals surface area contributed by atoms with Gasteiger partial charge in [-0.05, 0) is 48.7 Å². The van der Waals surface area contributed by atoms with Crippen molar-refractivity contribution in [3.8, 4) is 6.07 Å². The lowest BCUT2D eigenvalue weighted by Crippen LogP contribution is -2.39. The van der Waals surface area contributed by atoms with Crippen LogP contribution < -0.4 is 0 Å². The number of aromatic nitrogens is 2. The minimum Gasteiger partial charge on any atom is -0.342 e. The van der Waals surface area contributed by atoms with E-state index in [-0.39, 0.29) is 17.6 Å². The molecule has 0 radical (unpaired) electrons. The molecule has 1 aliphatic rings. The van der Waals surface area contributed by atoms with Gasteiger partial charge in [0.15, 0.2) is 0 Å². The summed E-state index contributed by atoms with van der Waals surface area (Å²) in [5.74, 6) is 2.24. The second kappa shape index (κ2) is 8.66. The lowest BCUT2D eigenvalue weighted by Gasteiger charge is -2.31. The summed E-state index contributed by atoms with van der Waals surface area (Å²) in [6.07, 6.45) is 1.71. The molecule has 1 N–H and O–H groups in total. The van der Waals surface area contributed by atoms with Gasteiger partial charge in [0.05, 0.1) is 28.4 Å². The van der Waals surface area contributed by atoms with E-state index in [4.69, 9.17) is 5.26 Å². The highest BCUT2D eigenvalue weighted by Crippen LogP contribution is 2.28. The SMILES string of the molecule is N#Cc1ccc(CSCC(=O)N2CCC(c3nc4ccc(F)cc4[nH]3)CC2)cc1. The molecule has 0 saturated carbocycles. The zero-order valence-corrected chi connectivity index (χ0v) is 16.7. The van der Waals surface area contributed by atoms with Crippen LogP contribution in [0.5, 0.6) is 0 Å². The van der Waals surface area contributed by atoms with Crippen molar-refractivity contribution in [3.63, 3.8) is 0 Å². The van der Waals surface area contributed by atoms with Gasteiger partial charge in [-0.25, -0.2) is 9.37 Å².